The summed E-state index contributed by atoms with van der Waals surface area (Å²) in [5.74, 6) is -0.0147. The molecule has 0 bridgehead atoms. The maximum absolute atomic E-state index is 12.7. The van der Waals surface area contributed by atoms with Gasteiger partial charge < -0.3 is 4.18 Å². The lowest BCUT2D eigenvalue weighted by Crippen LogP contribution is -2.13. The summed E-state index contributed by atoms with van der Waals surface area (Å²) in [6.45, 7) is 1.79. The van der Waals surface area contributed by atoms with E-state index in [9.17, 15) is 21.6 Å². The molecule has 0 N–H and O–H groups in total. The van der Waals surface area contributed by atoms with Crippen molar-refractivity contribution < 1.29 is 25.8 Å². The molecule has 22 heavy (non-hydrogen) atoms. The van der Waals surface area contributed by atoms with E-state index < -0.39 is 26.8 Å². The molecule has 0 aromatic heterocycles. The van der Waals surface area contributed by atoms with Gasteiger partial charge in [0.25, 0.3) is 0 Å². The first-order valence-electron chi connectivity index (χ1n) is 5.97. The molecule has 0 aliphatic heterocycles. The Bertz CT molecular complexity index is 784. The molecule has 0 heterocycles. The smallest absolute Gasteiger partial charge is 0.379 e. The van der Waals surface area contributed by atoms with Crippen LogP contribution in [0.25, 0.3) is 0 Å². The summed E-state index contributed by atoms with van der Waals surface area (Å²) in [6, 6.07) is 8.04. The molecule has 3 nitrogen and oxygen atoms in total. The number of benzene rings is 2. The standard InChI is InChI=1S/C14H10ClF3O3S/c1-9-2-5-11(6-3-9)21-22(19,20)13-8-10(14(16,17)18)4-7-12(13)15/h2-8H,1H3. The first kappa shape index (κ1) is 16.6. The third-order valence-electron chi connectivity index (χ3n) is 2.75. The van der Waals surface area contributed by atoms with Gasteiger partial charge in [-0.2, -0.15) is 21.6 Å². The third kappa shape index (κ3) is 3.72. The average molecular weight is 351 g/mol. The summed E-state index contributed by atoms with van der Waals surface area (Å²) in [7, 11) is -4.47. The van der Waals surface area contributed by atoms with E-state index in [0.717, 1.165) is 11.6 Å². The van der Waals surface area contributed by atoms with Gasteiger partial charge in [-0.05, 0) is 37.3 Å². The molecule has 0 amide bonds. The Hall–Kier alpha value is -1.73. The van der Waals surface area contributed by atoms with E-state index in [2.05, 4.69) is 0 Å². The molecular weight excluding hydrogens is 341 g/mol. The Kier molecular flexibility index (Phi) is 4.39. The van der Waals surface area contributed by atoms with E-state index in [1.165, 1.54) is 12.1 Å². The maximum Gasteiger partial charge on any atom is 0.416 e. The summed E-state index contributed by atoms with van der Waals surface area (Å²) in [4.78, 5) is -0.732. The first-order chi connectivity index (χ1) is 10.1. The molecule has 0 atom stereocenters. The van der Waals surface area contributed by atoms with Crippen molar-refractivity contribution in [1.29, 1.82) is 0 Å². The summed E-state index contributed by atoms with van der Waals surface area (Å²) in [6.07, 6.45) is -4.68. The second-order valence-corrected chi connectivity index (χ2v) is 6.42. The Morgan fingerprint density at radius 2 is 1.64 bits per heavy atom. The summed E-state index contributed by atoms with van der Waals surface area (Å²) >= 11 is 5.70. The van der Waals surface area contributed by atoms with Crippen LogP contribution >= 0.6 is 11.6 Å². The van der Waals surface area contributed by atoms with Crippen LogP contribution in [0.5, 0.6) is 5.75 Å². The van der Waals surface area contributed by atoms with Gasteiger partial charge in [0, 0.05) is 0 Å². The third-order valence-corrected chi connectivity index (χ3v) is 4.48. The average Bonchev–Trinajstić information content (AvgIpc) is 2.40. The van der Waals surface area contributed by atoms with E-state index in [4.69, 9.17) is 15.8 Å². The highest BCUT2D eigenvalue weighted by Gasteiger charge is 2.33. The minimum absolute atomic E-state index is 0.0147. The fraction of sp³-hybridized carbons (Fsp3) is 0.143. The number of alkyl halides is 3. The van der Waals surface area contributed by atoms with Crippen molar-refractivity contribution in [1.82, 2.24) is 0 Å². The molecule has 0 saturated heterocycles. The Morgan fingerprint density at radius 1 is 1.05 bits per heavy atom. The summed E-state index contributed by atoms with van der Waals surface area (Å²) in [5, 5.41) is -0.347. The molecule has 8 heteroatoms. The van der Waals surface area contributed by atoms with Gasteiger partial charge in [0.2, 0.25) is 0 Å². The molecule has 2 aromatic rings. The second-order valence-electron chi connectivity index (χ2n) is 4.49. The molecule has 0 aliphatic rings. The number of halogens is 4. The number of hydrogen-bond donors (Lipinski definition) is 0. The van der Waals surface area contributed by atoms with Gasteiger partial charge in [0.05, 0.1) is 10.6 Å². The quantitative estimate of drug-likeness (QED) is 0.769. The van der Waals surface area contributed by atoms with Crippen LogP contribution in [0.3, 0.4) is 0 Å². The first-order valence-corrected chi connectivity index (χ1v) is 7.76. The van der Waals surface area contributed by atoms with E-state index in [1.54, 1.807) is 19.1 Å². The Morgan fingerprint density at radius 3 is 2.18 bits per heavy atom. The topological polar surface area (TPSA) is 43.4 Å². The van der Waals surface area contributed by atoms with Crippen molar-refractivity contribution in [2.45, 2.75) is 18.0 Å². The second kappa shape index (κ2) is 5.81. The van der Waals surface area contributed by atoms with Crippen LogP contribution in [0.15, 0.2) is 47.4 Å². The largest absolute Gasteiger partial charge is 0.416 e. The number of aryl methyl sites for hydroxylation is 1. The Labute approximate surface area is 130 Å². The van der Waals surface area contributed by atoms with E-state index in [-0.39, 0.29) is 10.8 Å². The van der Waals surface area contributed by atoms with Gasteiger partial charge in [-0.1, -0.05) is 29.3 Å². The van der Waals surface area contributed by atoms with E-state index in [0.29, 0.717) is 12.1 Å². The van der Waals surface area contributed by atoms with Gasteiger partial charge in [0.15, 0.2) is 0 Å². The molecular formula is C14H10ClF3O3S. The van der Waals surface area contributed by atoms with Crippen LogP contribution in [-0.2, 0) is 16.3 Å². The summed E-state index contributed by atoms with van der Waals surface area (Å²) < 4.78 is 67.1. The number of rotatable bonds is 3. The van der Waals surface area contributed by atoms with Crippen molar-refractivity contribution in [3.8, 4) is 5.75 Å². The molecule has 0 radical (unpaired) electrons. The molecule has 0 spiro atoms. The minimum atomic E-state index is -4.68. The lowest BCUT2D eigenvalue weighted by Gasteiger charge is -2.12. The van der Waals surface area contributed by atoms with Crippen LogP contribution < -0.4 is 4.18 Å². The minimum Gasteiger partial charge on any atom is -0.379 e. The van der Waals surface area contributed by atoms with Crippen LogP contribution in [0.4, 0.5) is 13.2 Å². The van der Waals surface area contributed by atoms with E-state index >= 15 is 0 Å². The van der Waals surface area contributed by atoms with Gasteiger partial charge in [-0.15, -0.1) is 0 Å². The van der Waals surface area contributed by atoms with Crippen LogP contribution in [0.2, 0.25) is 5.02 Å². The van der Waals surface area contributed by atoms with Crippen molar-refractivity contribution in [3.05, 3.63) is 58.6 Å². The molecule has 0 unspecified atom stereocenters. The van der Waals surface area contributed by atoms with Gasteiger partial charge in [-0.3, -0.25) is 0 Å². The molecule has 2 rings (SSSR count). The van der Waals surface area contributed by atoms with Crippen molar-refractivity contribution in [2.24, 2.45) is 0 Å². The SMILES string of the molecule is Cc1ccc(OS(=O)(=O)c2cc(C(F)(F)F)ccc2Cl)cc1. The fourth-order valence-electron chi connectivity index (χ4n) is 1.64. The van der Waals surface area contributed by atoms with E-state index in [1.807, 2.05) is 0 Å². The van der Waals surface area contributed by atoms with Crippen LogP contribution in [0, 0.1) is 6.92 Å². The monoisotopic (exact) mass is 350 g/mol. The van der Waals surface area contributed by atoms with Gasteiger partial charge in [0.1, 0.15) is 10.6 Å². The highest BCUT2D eigenvalue weighted by Crippen LogP contribution is 2.34. The van der Waals surface area contributed by atoms with Gasteiger partial charge >= 0.3 is 16.3 Å². The van der Waals surface area contributed by atoms with Crippen molar-refractivity contribution in [3.63, 3.8) is 0 Å². The zero-order chi connectivity index (χ0) is 16.5. The van der Waals surface area contributed by atoms with Crippen LogP contribution in [0.1, 0.15) is 11.1 Å². The number of hydrogen-bond acceptors (Lipinski definition) is 3. The summed E-state index contributed by atoms with van der Waals surface area (Å²) in [5.41, 5.74) is -0.246. The molecule has 0 aliphatic carbocycles. The highest BCUT2D eigenvalue weighted by atomic mass is 35.5. The predicted molar refractivity (Wildman–Crippen MR) is 75.4 cm³/mol. The zero-order valence-corrected chi connectivity index (χ0v) is 12.8. The lowest BCUT2D eigenvalue weighted by molar-refractivity contribution is -0.137. The maximum atomic E-state index is 12.7. The van der Waals surface area contributed by atoms with Gasteiger partial charge in [-0.25, -0.2) is 0 Å². The molecule has 2 aromatic carbocycles. The molecule has 118 valence electrons. The molecule has 0 fully saturated rings. The zero-order valence-electron chi connectivity index (χ0n) is 11.2. The Balaban J connectivity index is 2.43. The highest BCUT2D eigenvalue weighted by molar-refractivity contribution is 7.87. The van der Waals surface area contributed by atoms with Crippen molar-refractivity contribution >= 4 is 21.7 Å². The van der Waals surface area contributed by atoms with Crippen LogP contribution in [-0.4, -0.2) is 8.42 Å². The molecule has 0 saturated carbocycles. The van der Waals surface area contributed by atoms with Crippen molar-refractivity contribution in [2.75, 3.05) is 0 Å². The normalized spacial score (nSPS) is 12.2. The predicted octanol–water partition coefficient (Wildman–Crippen LogP) is 4.43. The lowest BCUT2D eigenvalue weighted by atomic mass is 10.2. The fourth-order valence-corrected chi connectivity index (χ4v) is 3.07.